The van der Waals surface area contributed by atoms with Crippen LogP contribution in [-0.2, 0) is 4.74 Å². The molecule has 0 spiro atoms. The third kappa shape index (κ3) is 0.942. The molecular formula is C12H22OSi. The zero-order chi connectivity index (χ0) is 10.0. The Bertz CT molecular complexity index is 264. The Morgan fingerprint density at radius 2 is 1.79 bits per heavy atom. The van der Waals surface area contributed by atoms with Crippen molar-refractivity contribution in [3.63, 3.8) is 0 Å². The van der Waals surface area contributed by atoms with Crippen LogP contribution in [-0.4, -0.2) is 19.8 Å². The van der Waals surface area contributed by atoms with Crippen molar-refractivity contribution in [1.29, 1.82) is 0 Å². The highest BCUT2D eigenvalue weighted by Gasteiger charge is 2.76. The molecule has 1 saturated heterocycles. The fourth-order valence-corrected chi connectivity index (χ4v) is 7.28. The molecule has 0 aromatic rings. The minimum Gasteiger partial charge on any atom is -0.366 e. The Morgan fingerprint density at radius 1 is 1.07 bits per heavy atom. The average Bonchev–Trinajstić information content (AvgIpc) is 2.97. The van der Waals surface area contributed by atoms with Gasteiger partial charge in [-0.15, -0.1) is 0 Å². The fraction of sp³-hybridized carbons (Fsp3) is 1.00. The summed E-state index contributed by atoms with van der Waals surface area (Å²) >= 11 is 0. The van der Waals surface area contributed by atoms with E-state index in [1.54, 1.807) is 0 Å². The Labute approximate surface area is 88.2 Å². The number of fused-ring (bicyclic) bond motifs is 1. The van der Waals surface area contributed by atoms with Crippen LogP contribution in [0.3, 0.4) is 0 Å². The fourth-order valence-electron chi connectivity index (χ4n) is 4.04. The third-order valence-corrected chi connectivity index (χ3v) is 8.87. The quantitative estimate of drug-likeness (QED) is 0.501. The molecule has 0 unspecified atom stereocenters. The Hall–Kier alpha value is 0.177. The van der Waals surface area contributed by atoms with E-state index >= 15 is 0 Å². The molecule has 2 atom stereocenters. The third-order valence-electron chi connectivity index (χ3n) is 5.08. The van der Waals surface area contributed by atoms with Crippen molar-refractivity contribution in [2.45, 2.75) is 74.9 Å². The lowest BCUT2D eigenvalue weighted by atomic mass is 9.85. The second-order valence-corrected chi connectivity index (χ2v) is 12.0. The minimum atomic E-state index is -1.02. The first-order valence-electron chi connectivity index (χ1n) is 6.20. The van der Waals surface area contributed by atoms with Crippen LogP contribution in [0.2, 0.25) is 24.7 Å². The maximum atomic E-state index is 6.15. The summed E-state index contributed by atoms with van der Waals surface area (Å²) in [6.07, 6.45) is 9.18. The average molecular weight is 210 g/mol. The van der Waals surface area contributed by atoms with Crippen LogP contribution in [0.1, 0.15) is 38.5 Å². The Kier molecular flexibility index (Phi) is 1.65. The van der Waals surface area contributed by atoms with E-state index in [0.29, 0.717) is 16.7 Å². The predicted molar refractivity (Wildman–Crippen MR) is 61.3 cm³/mol. The van der Waals surface area contributed by atoms with Crippen molar-refractivity contribution in [3.05, 3.63) is 0 Å². The van der Waals surface area contributed by atoms with Gasteiger partial charge in [-0.05, 0) is 30.7 Å². The molecular weight excluding hydrogens is 188 g/mol. The van der Waals surface area contributed by atoms with Gasteiger partial charge in [-0.1, -0.05) is 32.5 Å². The summed E-state index contributed by atoms with van der Waals surface area (Å²) in [4.78, 5) is 0. The van der Waals surface area contributed by atoms with Gasteiger partial charge in [-0.2, -0.15) is 0 Å². The predicted octanol–water partition coefficient (Wildman–Crippen LogP) is 3.57. The Morgan fingerprint density at radius 3 is 2.29 bits per heavy atom. The van der Waals surface area contributed by atoms with Crippen molar-refractivity contribution in [2.75, 3.05) is 0 Å². The first kappa shape index (κ1) is 9.41. The first-order valence-corrected chi connectivity index (χ1v) is 9.70. The molecule has 1 aliphatic heterocycles. The van der Waals surface area contributed by atoms with Gasteiger partial charge in [0.15, 0.2) is 0 Å². The van der Waals surface area contributed by atoms with Gasteiger partial charge < -0.3 is 4.74 Å². The van der Waals surface area contributed by atoms with Crippen LogP contribution in [0.4, 0.5) is 0 Å². The molecule has 80 valence electrons. The molecule has 2 aliphatic carbocycles. The molecule has 3 fully saturated rings. The molecule has 0 N–H and O–H groups in total. The van der Waals surface area contributed by atoms with Crippen LogP contribution in [0.25, 0.3) is 0 Å². The SMILES string of the molecule is C[Si](C)(C)C1([C@]23CCCC[C@H]2O3)CC1. The molecule has 3 aliphatic rings. The van der Waals surface area contributed by atoms with Crippen LogP contribution in [0, 0.1) is 0 Å². The number of epoxide rings is 1. The topological polar surface area (TPSA) is 12.5 Å². The second kappa shape index (κ2) is 2.46. The molecule has 2 saturated carbocycles. The summed E-state index contributed by atoms with van der Waals surface area (Å²) in [5.74, 6) is 0. The smallest absolute Gasteiger partial charge is 0.0980 e. The molecule has 0 aromatic carbocycles. The highest BCUT2D eigenvalue weighted by atomic mass is 28.3. The summed E-state index contributed by atoms with van der Waals surface area (Å²) in [5, 5.41) is 0.686. The molecule has 1 nitrogen and oxygen atoms in total. The highest BCUT2D eigenvalue weighted by molar-refractivity contribution is 6.80. The van der Waals surface area contributed by atoms with E-state index in [1.807, 2.05) is 0 Å². The molecule has 0 amide bonds. The Balaban J connectivity index is 1.89. The molecule has 0 aromatic heterocycles. The van der Waals surface area contributed by atoms with Crippen LogP contribution >= 0.6 is 0 Å². The van der Waals surface area contributed by atoms with Crippen LogP contribution in [0.5, 0.6) is 0 Å². The minimum absolute atomic E-state index is 0.399. The van der Waals surface area contributed by atoms with Gasteiger partial charge in [0, 0.05) is 0 Å². The van der Waals surface area contributed by atoms with E-state index in [0.717, 1.165) is 0 Å². The van der Waals surface area contributed by atoms with Gasteiger partial charge in [-0.25, -0.2) is 0 Å². The largest absolute Gasteiger partial charge is 0.366 e. The number of ether oxygens (including phenoxy) is 1. The normalized spacial score (nSPS) is 44.4. The van der Waals surface area contributed by atoms with Gasteiger partial charge in [0.05, 0.1) is 19.8 Å². The zero-order valence-corrected chi connectivity index (χ0v) is 10.7. The number of rotatable bonds is 2. The van der Waals surface area contributed by atoms with Crippen LogP contribution in [0.15, 0.2) is 0 Å². The van der Waals surface area contributed by atoms with Crippen molar-refractivity contribution in [3.8, 4) is 0 Å². The number of hydrogen-bond acceptors (Lipinski definition) is 1. The lowest BCUT2D eigenvalue weighted by Gasteiger charge is -2.36. The van der Waals surface area contributed by atoms with E-state index in [9.17, 15) is 0 Å². The second-order valence-electron chi connectivity index (χ2n) is 6.57. The van der Waals surface area contributed by atoms with E-state index in [4.69, 9.17) is 4.74 Å². The lowest BCUT2D eigenvalue weighted by molar-refractivity contribution is 0.260. The molecule has 0 bridgehead atoms. The lowest BCUT2D eigenvalue weighted by Crippen LogP contribution is -2.42. The first-order chi connectivity index (χ1) is 6.52. The molecule has 2 heteroatoms. The van der Waals surface area contributed by atoms with Gasteiger partial charge in [0.2, 0.25) is 0 Å². The molecule has 3 rings (SSSR count). The van der Waals surface area contributed by atoms with Gasteiger partial charge in [0.1, 0.15) is 0 Å². The van der Waals surface area contributed by atoms with E-state index in [2.05, 4.69) is 19.6 Å². The maximum absolute atomic E-state index is 6.15. The summed E-state index contributed by atoms with van der Waals surface area (Å²) in [6.45, 7) is 7.63. The molecule has 0 radical (unpaired) electrons. The molecule has 14 heavy (non-hydrogen) atoms. The zero-order valence-electron chi connectivity index (χ0n) is 9.73. The summed E-state index contributed by atoms with van der Waals surface area (Å²) in [7, 11) is -1.02. The van der Waals surface area contributed by atoms with E-state index in [1.165, 1.54) is 38.5 Å². The summed E-state index contributed by atoms with van der Waals surface area (Å²) < 4.78 is 6.15. The van der Waals surface area contributed by atoms with Gasteiger partial charge >= 0.3 is 0 Å². The monoisotopic (exact) mass is 210 g/mol. The van der Waals surface area contributed by atoms with E-state index in [-0.39, 0.29) is 0 Å². The summed E-state index contributed by atoms with van der Waals surface area (Å²) in [5.41, 5.74) is 0.399. The van der Waals surface area contributed by atoms with Gasteiger partial charge in [-0.3, -0.25) is 0 Å². The van der Waals surface area contributed by atoms with Crippen molar-refractivity contribution >= 4 is 8.07 Å². The molecule has 1 heterocycles. The highest BCUT2D eigenvalue weighted by Crippen LogP contribution is 2.77. The van der Waals surface area contributed by atoms with Crippen LogP contribution < -0.4 is 0 Å². The number of hydrogen-bond donors (Lipinski definition) is 0. The maximum Gasteiger partial charge on any atom is 0.0980 e. The van der Waals surface area contributed by atoms with Gasteiger partial charge in [0.25, 0.3) is 0 Å². The van der Waals surface area contributed by atoms with Crippen molar-refractivity contribution in [2.24, 2.45) is 0 Å². The van der Waals surface area contributed by atoms with E-state index < -0.39 is 8.07 Å². The standard InChI is InChI=1S/C12H22OSi/c1-14(2,3)11(8-9-11)12-7-5-4-6-10(12)13-12/h10H,4-9H2,1-3H3/t10-,12+/m1/s1. The van der Waals surface area contributed by atoms with Crippen molar-refractivity contribution < 1.29 is 4.74 Å². The van der Waals surface area contributed by atoms with Crippen molar-refractivity contribution in [1.82, 2.24) is 0 Å². The summed E-state index contributed by atoms with van der Waals surface area (Å²) in [6, 6.07) is 0.